The number of aromatic nitrogens is 1. The summed E-state index contributed by atoms with van der Waals surface area (Å²) in [6.45, 7) is 0. The van der Waals surface area contributed by atoms with Gasteiger partial charge < -0.3 is 4.57 Å². The highest BCUT2D eigenvalue weighted by atomic mass is 16.6. The number of nitrogens with zero attached hydrogens (tertiary/aromatic N) is 3. The van der Waals surface area contributed by atoms with Crippen LogP contribution in [0.4, 0.5) is 5.69 Å². The van der Waals surface area contributed by atoms with Gasteiger partial charge in [-0.15, -0.1) is 0 Å². The number of nitrogens with one attached hydrogen (secondary N) is 1. The van der Waals surface area contributed by atoms with Crippen molar-refractivity contribution in [2.24, 2.45) is 0 Å². The first-order valence-corrected chi connectivity index (χ1v) is 8.18. The van der Waals surface area contributed by atoms with Gasteiger partial charge in [0.05, 0.1) is 10.5 Å². The van der Waals surface area contributed by atoms with E-state index >= 15 is 0 Å². The first-order chi connectivity index (χ1) is 13.5. The molecule has 0 fully saturated rings. The second-order valence-electron chi connectivity index (χ2n) is 5.98. The number of hydrogen-bond acceptors (Lipinski definition) is 5. The number of amides is 3. The molecule has 0 aliphatic carbocycles. The molecular weight excluding hydrogens is 364 g/mol. The van der Waals surface area contributed by atoms with Gasteiger partial charge in [-0.25, -0.2) is 0 Å². The lowest BCUT2D eigenvalue weighted by molar-refractivity contribution is -0.385. The van der Waals surface area contributed by atoms with Crippen LogP contribution < -0.4 is 5.43 Å². The molecule has 0 saturated carbocycles. The standard InChI is InChI=1S/C19H12N4O5/c24-17(12-6-8-13(9-7-12)21-10-1-2-11-21)20-22-18(25)14-4-3-5-15(23(27)28)16(14)19(22)26/h1-11H,(H,20,24). The van der Waals surface area contributed by atoms with Gasteiger partial charge >= 0.3 is 0 Å². The van der Waals surface area contributed by atoms with Crippen LogP contribution in [0.1, 0.15) is 31.1 Å². The van der Waals surface area contributed by atoms with Crippen LogP contribution in [0.25, 0.3) is 5.69 Å². The summed E-state index contributed by atoms with van der Waals surface area (Å²) >= 11 is 0. The van der Waals surface area contributed by atoms with Crippen molar-refractivity contribution in [3.63, 3.8) is 0 Å². The van der Waals surface area contributed by atoms with E-state index in [1.165, 1.54) is 12.1 Å². The van der Waals surface area contributed by atoms with E-state index < -0.39 is 28.3 Å². The number of imide groups is 1. The molecule has 9 heteroatoms. The quantitative estimate of drug-likeness (QED) is 0.426. The second-order valence-corrected chi connectivity index (χ2v) is 5.98. The van der Waals surface area contributed by atoms with Crippen LogP contribution >= 0.6 is 0 Å². The molecule has 0 spiro atoms. The largest absolute Gasteiger partial charge is 0.324 e. The number of rotatable bonds is 4. The molecule has 1 aliphatic heterocycles. The number of carbonyl (C=O) groups is 3. The highest BCUT2D eigenvalue weighted by Gasteiger charge is 2.42. The van der Waals surface area contributed by atoms with Crippen LogP contribution in [0.5, 0.6) is 0 Å². The predicted molar refractivity (Wildman–Crippen MR) is 96.8 cm³/mol. The number of benzene rings is 2. The highest BCUT2D eigenvalue weighted by Crippen LogP contribution is 2.29. The summed E-state index contributed by atoms with van der Waals surface area (Å²) in [5.74, 6) is -2.44. The summed E-state index contributed by atoms with van der Waals surface area (Å²) < 4.78 is 1.85. The summed E-state index contributed by atoms with van der Waals surface area (Å²) in [4.78, 5) is 47.8. The third-order valence-corrected chi connectivity index (χ3v) is 4.34. The van der Waals surface area contributed by atoms with Crippen molar-refractivity contribution in [1.29, 1.82) is 0 Å². The van der Waals surface area contributed by atoms with Crippen LogP contribution in [0, 0.1) is 10.1 Å². The van der Waals surface area contributed by atoms with Gasteiger partial charge in [0.25, 0.3) is 23.4 Å². The fraction of sp³-hybridized carbons (Fsp3) is 0. The van der Waals surface area contributed by atoms with Crippen LogP contribution in [-0.2, 0) is 0 Å². The minimum Gasteiger partial charge on any atom is -0.324 e. The van der Waals surface area contributed by atoms with Crippen molar-refractivity contribution in [3.05, 3.63) is 93.8 Å². The molecule has 1 aromatic heterocycles. The minimum absolute atomic E-state index is 0.123. The van der Waals surface area contributed by atoms with Gasteiger partial charge in [-0.2, -0.15) is 5.01 Å². The SMILES string of the molecule is O=C(NN1C(=O)c2cccc([N+](=O)[O-])c2C1=O)c1ccc(-n2cccc2)cc1. The van der Waals surface area contributed by atoms with E-state index in [-0.39, 0.29) is 16.7 Å². The number of nitro groups is 1. The Kier molecular flexibility index (Phi) is 3.96. The lowest BCUT2D eigenvalue weighted by Gasteiger charge is -2.15. The Hall–Kier alpha value is -4.27. The number of hydrazine groups is 1. The molecule has 3 aromatic rings. The summed E-state index contributed by atoms with van der Waals surface area (Å²) in [5.41, 5.74) is 2.35. The second kappa shape index (κ2) is 6.47. The Bertz CT molecular complexity index is 1120. The van der Waals surface area contributed by atoms with Gasteiger partial charge in [0, 0.05) is 29.7 Å². The average Bonchev–Trinajstić information content (AvgIpc) is 3.32. The average molecular weight is 376 g/mol. The van der Waals surface area contributed by atoms with Crippen LogP contribution in [0.2, 0.25) is 0 Å². The van der Waals surface area contributed by atoms with Crippen molar-refractivity contribution < 1.29 is 19.3 Å². The lowest BCUT2D eigenvalue weighted by Crippen LogP contribution is -2.45. The van der Waals surface area contributed by atoms with Crippen molar-refractivity contribution in [3.8, 4) is 5.69 Å². The van der Waals surface area contributed by atoms with E-state index in [0.717, 1.165) is 11.8 Å². The van der Waals surface area contributed by atoms with E-state index in [4.69, 9.17) is 0 Å². The predicted octanol–water partition coefficient (Wildman–Crippen LogP) is 2.33. The maximum absolute atomic E-state index is 12.5. The number of hydrogen-bond donors (Lipinski definition) is 1. The third-order valence-electron chi connectivity index (χ3n) is 4.34. The molecule has 4 rings (SSSR count). The molecule has 0 bridgehead atoms. The maximum Gasteiger partial charge on any atom is 0.287 e. The zero-order valence-electron chi connectivity index (χ0n) is 14.2. The molecule has 0 radical (unpaired) electrons. The van der Waals surface area contributed by atoms with Crippen molar-refractivity contribution >= 4 is 23.4 Å². The summed E-state index contributed by atoms with van der Waals surface area (Å²) in [7, 11) is 0. The Morgan fingerprint density at radius 1 is 0.929 bits per heavy atom. The van der Waals surface area contributed by atoms with Gasteiger partial charge in [0.1, 0.15) is 5.56 Å². The van der Waals surface area contributed by atoms with E-state index in [2.05, 4.69) is 5.43 Å². The molecule has 2 heterocycles. The Morgan fingerprint density at radius 3 is 2.25 bits per heavy atom. The Morgan fingerprint density at radius 2 is 1.61 bits per heavy atom. The molecule has 3 amide bonds. The molecule has 0 atom stereocenters. The van der Waals surface area contributed by atoms with Crippen LogP contribution in [-0.4, -0.2) is 32.2 Å². The molecule has 9 nitrogen and oxygen atoms in total. The summed E-state index contributed by atoms with van der Waals surface area (Å²) in [6, 6.07) is 14.0. The van der Waals surface area contributed by atoms with Gasteiger partial charge in [0.15, 0.2) is 0 Å². The minimum atomic E-state index is -0.940. The number of nitro benzene ring substituents is 1. The van der Waals surface area contributed by atoms with E-state index in [9.17, 15) is 24.5 Å². The lowest BCUT2D eigenvalue weighted by atomic mass is 10.1. The van der Waals surface area contributed by atoms with Gasteiger partial charge in [-0.1, -0.05) is 6.07 Å². The molecule has 28 heavy (non-hydrogen) atoms. The van der Waals surface area contributed by atoms with E-state index in [1.807, 2.05) is 29.1 Å². The fourth-order valence-corrected chi connectivity index (χ4v) is 2.98. The zero-order chi connectivity index (χ0) is 19.8. The third kappa shape index (κ3) is 2.71. The zero-order valence-corrected chi connectivity index (χ0v) is 14.2. The molecular formula is C19H12N4O5. The summed E-state index contributed by atoms with van der Waals surface area (Å²) in [6.07, 6.45) is 3.70. The topological polar surface area (TPSA) is 115 Å². The van der Waals surface area contributed by atoms with E-state index in [1.54, 1.807) is 24.3 Å². The molecule has 0 saturated heterocycles. The summed E-state index contributed by atoms with van der Waals surface area (Å²) in [5, 5.41) is 11.6. The first kappa shape index (κ1) is 17.2. The van der Waals surface area contributed by atoms with Gasteiger partial charge in [-0.3, -0.25) is 29.9 Å². The Labute approximate surface area is 157 Å². The van der Waals surface area contributed by atoms with Gasteiger partial charge in [-0.05, 0) is 42.5 Å². The molecule has 2 aromatic carbocycles. The molecule has 138 valence electrons. The number of carbonyl (C=O) groups excluding carboxylic acids is 3. The van der Waals surface area contributed by atoms with Crippen molar-refractivity contribution in [2.45, 2.75) is 0 Å². The van der Waals surface area contributed by atoms with Crippen LogP contribution in [0.15, 0.2) is 67.0 Å². The maximum atomic E-state index is 12.5. The molecule has 1 N–H and O–H groups in total. The monoisotopic (exact) mass is 376 g/mol. The van der Waals surface area contributed by atoms with Crippen molar-refractivity contribution in [1.82, 2.24) is 15.0 Å². The normalized spacial score (nSPS) is 12.8. The van der Waals surface area contributed by atoms with Gasteiger partial charge in [0.2, 0.25) is 0 Å². The highest BCUT2D eigenvalue weighted by molar-refractivity contribution is 6.23. The first-order valence-electron chi connectivity index (χ1n) is 8.18. The van der Waals surface area contributed by atoms with E-state index in [0.29, 0.717) is 5.01 Å². The van der Waals surface area contributed by atoms with Crippen molar-refractivity contribution in [2.75, 3.05) is 0 Å². The number of fused-ring (bicyclic) bond motifs is 1. The molecule has 1 aliphatic rings. The Balaban J connectivity index is 1.57. The fourth-order valence-electron chi connectivity index (χ4n) is 2.98. The van der Waals surface area contributed by atoms with Crippen LogP contribution in [0.3, 0.4) is 0 Å². The molecule has 0 unspecified atom stereocenters. The smallest absolute Gasteiger partial charge is 0.287 e.